The van der Waals surface area contributed by atoms with Gasteiger partial charge in [-0.3, -0.25) is 9.59 Å². The SMILES string of the molecule is C=CC(=O)Nc1ccccc1CC(=O)N1CCc2cc(OC)ccc2C1C. The van der Waals surface area contributed by atoms with E-state index in [2.05, 4.69) is 11.9 Å². The number of fused-ring (bicyclic) bond motifs is 1. The van der Waals surface area contributed by atoms with Gasteiger partial charge in [-0.2, -0.15) is 0 Å². The van der Waals surface area contributed by atoms with Gasteiger partial charge < -0.3 is 15.0 Å². The Labute approximate surface area is 159 Å². The van der Waals surface area contributed by atoms with Gasteiger partial charge in [0.1, 0.15) is 5.75 Å². The van der Waals surface area contributed by atoms with Crippen molar-refractivity contribution in [3.63, 3.8) is 0 Å². The van der Waals surface area contributed by atoms with Crippen LogP contribution in [0.15, 0.2) is 55.1 Å². The van der Waals surface area contributed by atoms with Crippen LogP contribution >= 0.6 is 0 Å². The summed E-state index contributed by atoms with van der Waals surface area (Å²) in [4.78, 5) is 26.5. The lowest BCUT2D eigenvalue weighted by atomic mass is 9.92. The molecule has 27 heavy (non-hydrogen) atoms. The number of ether oxygens (including phenoxy) is 1. The summed E-state index contributed by atoms with van der Waals surface area (Å²) in [6.07, 6.45) is 2.26. The first-order chi connectivity index (χ1) is 13.0. The average Bonchev–Trinajstić information content (AvgIpc) is 2.69. The molecule has 1 heterocycles. The number of methoxy groups -OCH3 is 1. The molecule has 5 nitrogen and oxygen atoms in total. The Bertz CT molecular complexity index is 876. The van der Waals surface area contributed by atoms with E-state index in [0.717, 1.165) is 23.3 Å². The summed E-state index contributed by atoms with van der Waals surface area (Å²) in [5, 5.41) is 2.77. The Morgan fingerprint density at radius 3 is 2.81 bits per heavy atom. The average molecular weight is 364 g/mol. The van der Waals surface area contributed by atoms with Gasteiger partial charge >= 0.3 is 0 Å². The highest BCUT2D eigenvalue weighted by atomic mass is 16.5. The third-order valence-electron chi connectivity index (χ3n) is 5.01. The number of nitrogens with one attached hydrogen (secondary N) is 1. The fraction of sp³-hybridized carbons (Fsp3) is 0.273. The number of hydrogen-bond acceptors (Lipinski definition) is 3. The molecule has 1 N–H and O–H groups in total. The molecule has 2 aromatic rings. The van der Waals surface area contributed by atoms with Gasteiger partial charge in [0.05, 0.1) is 19.6 Å². The number of nitrogens with zero attached hydrogens (tertiary/aromatic N) is 1. The van der Waals surface area contributed by atoms with E-state index in [4.69, 9.17) is 4.74 Å². The van der Waals surface area contributed by atoms with Crippen molar-refractivity contribution < 1.29 is 14.3 Å². The largest absolute Gasteiger partial charge is 0.497 e. The molecule has 0 fully saturated rings. The summed E-state index contributed by atoms with van der Waals surface area (Å²) in [7, 11) is 1.66. The molecule has 1 unspecified atom stereocenters. The zero-order valence-corrected chi connectivity index (χ0v) is 15.7. The van der Waals surface area contributed by atoms with Crippen LogP contribution in [0.3, 0.4) is 0 Å². The number of para-hydroxylation sites is 1. The van der Waals surface area contributed by atoms with Gasteiger partial charge in [-0.25, -0.2) is 0 Å². The fourth-order valence-electron chi connectivity index (χ4n) is 3.52. The van der Waals surface area contributed by atoms with Gasteiger partial charge in [0.2, 0.25) is 11.8 Å². The lowest BCUT2D eigenvalue weighted by Gasteiger charge is -2.35. The maximum Gasteiger partial charge on any atom is 0.247 e. The highest BCUT2D eigenvalue weighted by Gasteiger charge is 2.28. The molecule has 2 aromatic carbocycles. The van der Waals surface area contributed by atoms with E-state index in [1.165, 1.54) is 11.6 Å². The monoisotopic (exact) mass is 364 g/mol. The maximum atomic E-state index is 13.0. The van der Waals surface area contributed by atoms with Crippen molar-refractivity contribution in [1.29, 1.82) is 0 Å². The molecular weight excluding hydrogens is 340 g/mol. The maximum absolute atomic E-state index is 13.0. The first-order valence-corrected chi connectivity index (χ1v) is 9.01. The van der Waals surface area contributed by atoms with E-state index < -0.39 is 0 Å². The fourth-order valence-corrected chi connectivity index (χ4v) is 3.52. The third-order valence-corrected chi connectivity index (χ3v) is 5.01. The number of amides is 2. The van der Waals surface area contributed by atoms with Crippen molar-refractivity contribution in [3.8, 4) is 5.75 Å². The van der Waals surface area contributed by atoms with Gasteiger partial charge in [-0.05, 0) is 54.3 Å². The molecule has 3 rings (SSSR count). The minimum atomic E-state index is -0.288. The highest BCUT2D eigenvalue weighted by molar-refractivity contribution is 5.99. The minimum absolute atomic E-state index is 0.00193. The van der Waals surface area contributed by atoms with Crippen molar-refractivity contribution in [2.75, 3.05) is 19.0 Å². The van der Waals surface area contributed by atoms with Gasteiger partial charge in [-0.1, -0.05) is 30.8 Å². The van der Waals surface area contributed by atoms with E-state index >= 15 is 0 Å². The molecule has 0 aliphatic carbocycles. The quantitative estimate of drug-likeness (QED) is 0.826. The van der Waals surface area contributed by atoms with Crippen LogP contribution in [0.5, 0.6) is 5.75 Å². The van der Waals surface area contributed by atoms with Crippen molar-refractivity contribution in [2.24, 2.45) is 0 Å². The Morgan fingerprint density at radius 2 is 2.07 bits per heavy atom. The number of hydrogen-bond donors (Lipinski definition) is 1. The van der Waals surface area contributed by atoms with Crippen molar-refractivity contribution in [2.45, 2.75) is 25.8 Å². The van der Waals surface area contributed by atoms with Crippen LogP contribution in [0.25, 0.3) is 0 Å². The molecule has 0 saturated heterocycles. The second-order valence-electron chi connectivity index (χ2n) is 6.61. The molecule has 0 spiro atoms. The van der Waals surface area contributed by atoms with Crippen LogP contribution < -0.4 is 10.1 Å². The molecule has 2 amide bonds. The summed E-state index contributed by atoms with van der Waals surface area (Å²) < 4.78 is 5.30. The number of anilines is 1. The van der Waals surface area contributed by atoms with E-state index in [1.807, 2.05) is 48.2 Å². The van der Waals surface area contributed by atoms with Crippen molar-refractivity contribution in [1.82, 2.24) is 4.90 Å². The molecule has 1 aliphatic rings. The summed E-state index contributed by atoms with van der Waals surface area (Å²) >= 11 is 0. The standard InChI is InChI=1S/C22H24N2O3/c1-4-21(25)23-20-8-6-5-7-17(20)14-22(26)24-12-11-16-13-18(27-3)9-10-19(16)15(24)2/h4-10,13,15H,1,11-12,14H2,2-3H3,(H,23,25). The van der Waals surface area contributed by atoms with Gasteiger partial charge in [0.25, 0.3) is 0 Å². The van der Waals surface area contributed by atoms with E-state index in [9.17, 15) is 9.59 Å². The third kappa shape index (κ3) is 4.03. The molecule has 0 aromatic heterocycles. The molecule has 0 saturated carbocycles. The Kier molecular flexibility index (Phi) is 5.60. The molecular formula is C22H24N2O3. The normalized spacial score (nSPS) is 15.6. The lowest BCUT2D eigenvalue weighted by Crippen LogP contribution is -2.39. The summed E-state index contributed by atoms with van der Waals surface area (Å²) in [5.41, 5.74) is 3.82. The summed E-state index contributed by atoms with van der Waals surface area (Å²) in [6, 6.07) is 13.4. The van der Waals surface area contributed by atoms with Crippen LogP contribution in [0.4, 0.5) is 5.69 Å². The second kappa shape index (κ2) is 8.08. The summed E-state index contributed by atoms with van der Waals surface area (Å²) in [5.74, 6) is 0.598. The first-order valence-electron chi connectivity index (χ1n) is 9.01. The zero-order chi connectivity index (χ0) is 19.4. The van der Waals surface area contributed by atoms with Crippen LogP contribution in [0, 0.1) is 0 Å². The number of rotatable bonds is 5. The van der Waals surface area contributed by atoms with E-state index in [-0.39, 0.29) is 24.3 Å². The Balaban J connectivity index is 1.77. The Hall–Kier alpha value is -3.08. The van der Waals surface area contributed by atoms with Gasteiger partial charge in [0.15, 0.2) is 0 Å². The smallest absolute Gasteiger partial charge is 0.247 e. The Morgan fingerprint density at radius 1 is 1.30 bits per heavy atom. The molecule has 5 heteroatoms. The zero-order valence-electron chi connectivity index (χ0n) is 15.7. The van der Waals surface area contributed by atoms with E-state index in [1.54, 1.807) is 13.2 Å². The predicted molar refractivity (Wildman–Crippen MR) is 106 cm³/mol. The van der Waals surface area contributed by atoms with Crippen LogP contribution in [-0.2, 0) is 22.4 Å². The van der Waals surface area contributed by atoms with E-state index in [0.29, 0.717) is 12.2 Å². The van der Waals surface area contributed by atoms with Crippen LogP contribution in [0.1, 0.15) is 29.7 Å². The van der Waals surface area contributed by atoms with Crippen molar-refractivity contribution in [3.05, 3.63) is 71.8 Å². The highest BCUT2D eigenvalue weighted by Crippen LogP contribution is 2.32. The lowest BCUT2D eigenvalue weighted by molar-refractivity contribution is -0.133. The summed E-state index contributed by atoms with van der Waals surface area (Å²) in [6.45, 7) is 6.19. The predicted octanol–water partition coefficient (Wildman–Crippen LogP) is 3.51. The van der Waals surface area contributed by atoms with Gasteiger partial charge in [0, 0.05) is 12.2 Å². The van der Waals surface area contributed by atoms with Gasteiger partial charge in [-0.15, -0.1) is 0 Å². The van der Waals surface area contributed by atoms with Crippen LogP contribution in [-0.4, -0.2) is 30.4 Å². The minimum Gasteiger partial charge on any atom is -0.497 e. The first kappa shape index (κ1) is 18.7. The second-order valence-corrected chi connectivity index (χ2v) is 6.61. The molecule has 0 radical (unpaired) electrons. The molecule has 1 atom stereocenters. The molecule has 1 aliphatic heterocycles. The number of benzene rings is 2. The van der Waals surface area contributed by atoms with Crippen molar-refractivity contribution >= 4 is 17.5 Å². The number of carbonyl (C=O) groups excluding carboxylic acids is 2. The number of carbonyl (C=O) groups is 2. The molecule has 140 valence electrons. The molecule has 0 bridgehead atoms. The topological polar surface area (TPSA) is 58.6 Å². The van der Waals surface area contributed by atoms with Crippen LogP contribution in [0.2, 0.25) is 0 Å².